The van der Waals surface area contributed by atoms with E-state index in [-0.39, 0.29) is 5.56 Å². The van der Waals surface area contributed by atoms with E-state index in [1.165, 1.54) is 11.1 Å². The minimum Gasteiger partial charge on any atom is -0.456 e. The summed E-state index contributed by atoms with van der Waals surface area (Å²) in [6.07, 6.45) is 5.07. The molecule has 5 heteroatoms. The molecule has 0 aliphatic heterocycles. The summed E-state index contributed by atoms with van der Waals surface area (Å²) in [5.41, 5.74) is 11.3. The highest BCUT2D eigenvalue weighted by atomic mass is 16.3. The second kappa shape index (κ2) is 11.2. The van der Waals surface area contributed by atoms with Crippen LogP contribution in [-0.2, 0) is 0 Å². The number of hydrogen-bond acceptors (Lipinski definition) is 3. The molecule has 0 N–H and O–H groups in total. The van der Waals surface area contributed by atoms with Crippen molar-refractivity contribution >= 4 is 55.3 Å². The molecule has 5 nitrogen and oxygen atoms in total. The maximum atomic E-state index is 13.8. The predicted molar refractivity (Wildman–Crippen MR) is 203 cm³/mol. The van der Waals surface area contributed by atoms with Crippen molar-refractivity contribution in [3.8, 4) is 33.4 Å². The molecule has 232 valence electrons. The highest BCUT2D eigenvalue weighted by Gasteiger charge is 2.19. The zero-order chi connectivity index (χ0) is 33.1. The third kappa shape index (κ3) is 4.48. The van der Waals surface area contributed by atoms with Crippen LogP contribution in [0.5, 0.6) is 0 Å². The molecule has 0 aliphatic carbocycles. The molecule has 3 heterocycles. The van der Waals surface area contributed by atoms with Gasteiger partial charge in [-0.05, 0) is 88.0 Å². The minimum atomic E-state index is -0.160. The lowest BCUT2D eigenvalue weighted by atomic mass is 9.96. The summed E-state index contributed by atoms with van der Waals surface area (Å²) >= 11 is 0. The lowest BCUT2D eigenvalue weighted by Gasteiger charge is -2.12. The maximum absolute atomic E-state index is 13.8. The number of hydrogen-bond donors (Lipinski definition) is 0. The van der Waals surface area contributed by atoms with Gasteiger partial charge in [-0.2, -0.15) is 0 Å². The highest BCUT2D eigenvalue weighted by molar-refractivity contribution is 6.13. The molecule has 3 aromatic heterocycles. The summed E-state index contributed by atoms with van der Waals surface area (Å²) < 4.78 is 10.1. The Bertz CT molecular complexity index is 2870. The first-order valence-corrected chi connectivity index (χ1v) is 16.2. The van der Waals surface area contributed by atoms with E-state index in [4.69, 9.17) is 9.40 Å². The second-order valence-electron chi connectivity index (χ2n) is 12.1. The summed E-state index contributed by atoms with van der Waals surface area (Å²) in [4.78, 5) is 18.8. The van der Waals surface area contributed by atoms with Crippen LogP contribution in [0.25, 0.3) is 88.7 Å². The molecule has 0 spiro atoms. The number of nitrogens with zero attached hydrogens (tertiary/aromatic N) is 3. The molecule has 9 aromatic rings. The summed E-state index contributed by atoms with van der Waals surface area (Å²) in [5, 5.41) is 2.69. The van der Waals surface area contributed by atoms with E-state index < -0.39 is 0 Å². The molecular weight excluding hydrogens is 603 g/mol. The number of furan rings is 1. The number of allylic oxidation sites excluding steroid dienone is 4. The van der Waals surface area contributed by atoms with E-state index in [1.54, 1.807) is 22.8 Å². The third-order valence-corrected chi connectivity index (χ3v) is 9.30. The normalized spacial score (nSPS) is 12.0. The largest absolute Gasteiger partial charge is 0.456 e. The minimum absolute atomic E-state index is 0.160. The first-order chi connectivity index (χ1) is 24.1. The van der Waals surface area contributed by atoms with E-state index in [2.05, 4.69) is 102 Å². The molecule has 6 aromatic carbocycles. The molecule has 0 fully saturated rings. The van der Waals surface area contributed by atoms with Gasteiger partial charge in [-0.3, -0.25) is 9.20 Å². The van der Waals surface area contributed by atoms with Gasteiger partial charge in [-0.15, -0.1) is 0 Å². The van der Waals surface area contributed by atoms with Crippen molar-refractivity contribution in [2.24, 2.45) is 0 Å². The second-order valence-corrected chi connectivity index (χ2v) is 12.1. The SMILES string of the molecule is C=C/C=C(\C=C)n1c(=O)c2ccccc2n2c3cc(-c4cccc5oc6ccc(-c7ccc(-c8ccccc8)cc7)cc6c45)ccc3nc12. The summed E-state index contributed by atoms with van der Waals surface area (Å²) in [5.74, 6) is 0.513. The van der Waals surface area contributed by atoms with Crippen LogP contribution in [0.2, 0.25) is 0 Å². The zero-order valence-corrected chi connectivity index (χ0v) is 26.5. The topological polar surface area (TPSA) is 52.4 Å². The Kier molecular flexibility index (Phi) is 6.52. The molecule has 0 saturated carbocycles. The lowest BCUT2D eigenvalue weighted by Crippen LogP contribution is -2.22. The van der Waals surface area contributed by atoms with Crippen LogP contribution in [0.15, 0.2) is 174 Å². The monoisotopic (exact) mass is 631 g/mol. The first-order valence-electron chi connectivity index (χ1n) is 16.2. The van der Waals surface area contributed by atoms with Gasteiger partial charge in [0, 0.05) is 10.8 Å². The smallest absolute Gasteiger partial charge is 0.267 e. The molecule has 0 radical (unpaired) electrons. The summed E-state index contributed by atoms with van der Waals surface area (Å²) in [7, 11) is 0. The number of para-hydroxylation sites is 1. The van der Waals surface area contributed by atoms with Crippen molar-refractivity contribution in [3.63, 3.8) is 0 Å². The first kappa shape index (κ1) is 28.5. The standard InChI is InChI=1S/C44H29N3O2/c1-3-11-33(4-2)46-43(48)35-14-8-9-16-38(35)47-39-27-32(22-24-37(39)45-44(46)47)34-15-10-17-41-42(34)36-26-31(23-25-40(36)49-41)30-20-18-29(19-21-30)28-12-6-5-7-13-28/h3-27H,1-2H2/b33-11+. The van der Waals surface area contributed by atoms with Gasteiger partial charge in [-0.1, -0.05) is 110 Å². The molecule has 0 saturated heterocycles. The van der Waals surface area contributed by atoms with E-state index in [0.29, 0.717) is 16.9 Å². The van der Waals surface area contributed by atoms with Crippen LogP contribution < -0.4 is 5.56 Å². The van der Waals surface area contributed by atoms with Gasteiger partial charge in [0.2, 0.25) is 5.78 Å². The Balaban J connectivity index is 1.24. The van der Waals surface area contributed by atoms with Crippen LogP contribution in [0.4, 0.5) is 0 Å². The molecule has 0 bridgehead atoms. The molecule has 49 heavy (non-hydrogen) atoms. The van der Waals surface area contributed by atoms with Crippen LogP contribution in [0.3, 0.4) is 0 Å². The van der Waals surface area contributed by atoms with Gasteiger partial charge >= 0.3 is 0 Å². The molecule has 0 amide bonds. The van der Waals surface area contributed by atoms with Crippen LogP contribution in [0.1, 0.15) is 0 Å². The maximum Gasteiger partial charge on any atom is 0.267 e. The molecule has 9 rings (SSSR count). The van der Waals surface area contributed by atoms with Crippen molar-refractivity contribution in [1.29, 1.82) is 0 Å². The van der Waals surface area contributed by atoms with Gasteiger partial charge < -0.3 is 4.42 Å². The molecule has 0 atom stereocenters. The quantitative estimate of drug-likeness (QED) is 0.172. The number of fused-ring (bicyclic) bond motifs is 8. The Morgan fingerprint density at radius 2 is 1.35 bits per heavy atom. The van der Waals surface area contributed by atoms with Gasteiger partial charge in [0.05, 0.1) is 27.6 Å². The van der Waals surface area contributed by atoms with Gasteiger partial charge in [0.1, 0.15) is 11.2 Å². The van der Waals surface area contributed by atoms with Gasteiger partial charge in [-0.25, -0.2) is 9.55 Å². The fourth-order valence-electron chi connectivity index (χ4n) is 7.00. The lowest BCUT2D eigenvalue weighted by molar-refractivity contribution is 0.669. The Labute approximate surface area is 281 Å². The number of rotatable bonds is 6. The van der Waals surface area contributed by atoms with Crippen molar-refractivity contribution < 1.29 is 4.42 Å². The van der Waals surface area contributed by atoms with Crippen molar-refractivity contribution in [1.82, 2.24) is 14.0 Å². The highest BCUT2D eigenvalue weighted by Crippen LogP contribution is 2.39. The average Bonchev–Trinajstić information content (AvgIpc) is 3.73. The number of aromatic nitrogens is 3. The summed E-state index contributed by atoms with van der Waals surface area (Å²) in [6, 6.07) is 45.6. The Morgan fingerprint density at radius 1 is 0.633 bits per heavy atom. The van der Waals surface area contributed by atoms with E-state index in [9.17, 15) is 4.79 Å². The van der Waals surface area contributed by atoms with Crippen LogP contribution >= 0.6 is 0 Å². The Hall–Kier alpha value is -6.72. The predicted octanol–water partition coefficient (Wildman–Crippen LogP) is 10.9. The fraction of sp³-hybridized carbons (Fsp3) is 0. The van der Waals surface area contributed by atoms with E-state index in [0.717, 1.165) is 60.7 Å². The fourth-order valence-corrected chi connectivity index (χ4v) is 7.00. The van der Waals surface area contributed by atoms with E-state index >= 15 is 0 Å². The number of benzene rings is 6. The van der Waals surface area contributed by atoms with Crippen molar-refractivity contribution in [2.75, 3.05) is 0 Å². The Morgan fingerprint density at radius 3 is 2.14 bits per heavy atom. The average molecular weight is 632 g/mol. The third-order valence-electron chi connectivity index (χ3n) is 9.30. The van der Waals surface area contributed by atoms with Crippen molar-refractivity contribution in [3.05, 3.63) is 175 Å². The van der Waals surface area contributed by atoms with Crippen molar-refractivity contribution in [2.45, 2.75) is 0 Å². The summed E-state index contributed by atoms with van der Waals surface area (Å²) in [6.45, 7) is 7.80. The van der Waals surface area contributed by atoms with E-state index in [1.807, 2.05) is 48.5 Å². The number of imidazole rings is 1. The van der Waals surface area contributed by atoms with Gasteiger partial charge in [0.15, 0.2) is 0 Å². The van der Waals surface area contributed by atoms with Crippen LogP contribution in [-0.4, -0.2) is 14.0 Å². The van der Waals surface area contributed by atoms with Crippen LogP contribution in [0, 0.1) is 0 Å². The molecule has 0 unspecified atom stereocenters. The molecular formula is C44H29N3O2. The molecule has 0 aliphatic rings. The zero-order valence-electron chi connectivity index (χ0n) is 26.5. The van der Waals surface area contributed by atoms with Gasteiger partial charge in [0.25, 0.3) is 5.56 Å².